The van der Waals surface area contributed by atoms with Crippen molar-refractivity contribution in [3.05, 3.63) is 0 Å². The van der Waals surface area contributed by atoms with Crippen molar-refractivity contribution in [2.24, 2.45) is 5.92 Å². The van der Waals surface area contributed by atoms with Crippen LogP contribution in [0.4, 0.5) is 0 Å². The number of rotatable bonds is 6. The smallest absolute Gasteiger partial charge is 0.384 e. The molecule has 0 aromatic carbocycles. The zero-order chi connectivity index (χ0) is 15.8. The van der Waals surface area contributed by atoms with E-state index in [1.54, 1.807) is 0 Å². The van der Waals surface area contributed by atoms with Crippen LogP contribution in [0, 0.1) is 17.8 Å². The molecule has 0 fully saturated rings. The molecule has 0 spiro atoms. The van der Waals surface area contributed by atoms with E-state index in [0.717, 1.165) is 25.9 Å². The molecular formula is C16H30O3Si. The Labute approximate surface area is 125 Å². The minimum Gasteiger partial charge on any atom is -0.459 e. The van der Waals surface area contributed by atoms with Crippen LogP contribution >= 0.6 is 0 Å². The van der Waals surface area contributed by atoms with Gasteiger partial charge in [-0.1, -0.05) is 33.6 Å². The Morgan fingerprint density at radius 3 is 2.35 bits per heavy atom. The van der Waals surface area contributed by atoms with Crippen molar-refractivity contribution in [1.82, 2.24) is 0 Å². The summed E-state index contributed by atoms with van der Waals surface area (Å²) >= 11 is 0. The molecule has 0 radical (unpaired) electrons. The first-order valence-corrected chi connectivity index (χ1v) is 10.2. The number of esters is 1. The van der Waals surface area contributed by atoms with Crippen LogP contribution in [0.3, 0.4) is 0 Å². The third-order valence-corrected chi connectivity index (χ3v) is 8.56. The van der Waals surface area contributed by atoms with Crippen molar-refractivity contribution >= 4 is 14.3 Å². The Morgan fingerprint density at radius 1 is 1.25 bits per heavy atom. The quantitative estimate of drug-likeness (QED) is 0.322. The summed E-state index contributed by atoms with van der Waals surface area (Å²) in [6.07, 6.45) is 2.77. The third kappa shape index (κ3) is 7.71. The van der Waals surface area contributed by atoms with Gasteiger partial charge < -0.3 is 9.16 Å². The van der Waals surface area contributed by atoms with Gasteiger partial charge in [0.25, 0.3) is 0 Å². The van der Waals surface area contributed by atoms with Gasteiger partial charge >= 0.3 is 5.97 Å². The number of hydrogen-bond acceptors (Lipinski definition) is 3. The molecule has 1 unspecified atom stereocenters. The van der Waals surface area contributed by atoms with Crippen molar-refractivity contribution in [3.63, 3.8) is 0 Å². The maximum absolute atomic E-state index is 10.8. The van der Waals surface area contributed by atoms with E-state index in [9.17, 15) is 4.79 Å². The first-order chi connectivity index (χ1) is 9.10. The van der Waals surface area contributed by atoms with Gasteiger partial charge in [-0.15, -0.1) is 0 Å². The van der Waals surface area contributed by atoms with Gasteiger partial charge in [0.05, 0.1) is 7.11 Å². The molecule has 0 bridgehead atoms. The lowest BCUT2D eigenvalue weighted by Crippen LogP contribution is -2.41. The molecule has 0 heterocycles. The van der Waals surface area contributed by atoms with Crippen molar-refractivity contribution in [2.45, 2.75) is 65.1 Å². The summed E-state index contributed by atoms with van der Waals surface area (Å²) in [6.45, 7) is 14.3. The maximum Gasteiger partial charge on any atom is 0.384 e. The fraction of sp³-hybridized carbons (Fsp3) is 0.812. The van der Waals surface area contributed by atoms with Crippen LogP contribution in [-0.2, 0) is 14.0 Å². The highest BCUT2D eigenvalue weighted by atomic mass is 28.4. The van der Waals surface area contributed by atoms with E-state index < -0.39 is 14.3 Å². The van der Waals surface area contributed by atoms with Gasteiger partial charge in [-0.05, 0) is 36.9 Å². The summed E-state index contributed by atoms with van der Waals surface area (Å²) in [4.78, 5) is 10.8. The van der Waals surface area contributed by atoms with Crippen LogP contribution in [0.15, 0.2) is 0 Å². The largest absolute Gasteiger partial charge is 0.459 e. The Morgan fingerprint density at radius 2 is 1.85 bits per heavy atom. The molecule has 0 aliphatic heterocycles. The highest BCUT2D eigenvalue weighted by molar-refractivity contribution is 6.74. The van der Waals surface area contributed by atoms with Gasteiger partial charge in [0.15, 0.2) is 8.32 Å². The molecule has 0 amide bonds. The molecule has 0 N–H and O–H groups in total. The lowest BCUT2D eigenvalue weighted by Gasteiger charge is -2.36. The summed E-state index contributed by atoms with van der Waals surface area (Å²) in [7, 11) is -0.274. The van der Waals surface area contributed by atoms with Gasteiger partial charge in [-0.2, -0.15) is 0 Å². The Kier molecular flexibility index (Phi) is 8.15. The number of ether oxygens (including phenoxy) is 1. The summed E-state index contributed by atoms with van der Waals surface area (Å²) in [5, 5.41) is 0.266. The number of carbonyl (C=O) groups excluding carboxylic acids is 1. The van der Waals surface area contributed by atoms with Gasteiger partial charge in [0, 0.05) is 18.9 Å². The van der Waals surface area contributed by atoms with Gasteiger partial charge in [-0.3, -0.25) is 0 Å². The highest BCUT2D eigenvalue weighted by Gasteiger charge is 2.36. The van der Waals surface area contributed by atoms with E-state index in [0.29, 0.717) is 5.92 Å². The molecule has 0 saturated carbocycles. The first kappa shape index (κ1) is 19.2. The van der Waals surface area contributed by atoms with Crippen LogP contribution < -0.4 is 0 Å². The van der Waals surface area contributed by atoms with E-state index in [1.165, 1.54) is 7.11 Å². The second-order valence-corrected chi connectivity index (χ2v) is 11.6. The van der Waals surface area contributed by atoms with Crippen molar-refractivity contribution in [3.8, 4) is 11.8 Å². The second kappa shape index (κ2) is 8.48. The second-order valence-electron chi connectivity index (χ2n) is 6.83. The number of carbonyl (C=O) groups is 1. The zero-order valence-electron chi connectivity index (χ0n) is 14.1. The Hall–Kier alpha value is -0.793. The molecule has 3 nitrogen and oxygen atoms in total. The molecule has 116 valence electrons. The van der Waals surface area contributed by atoms with E-state index in [2.05, 4.69) is 57.4 Å². The predicted molar refractivity (Wildman–Crippen MR) is 86.0 cm³/mol. The van der Waals surface area contributed by atoms with Crippen LogP contribution in [-0.4, -0.2) is 28.0 Å². The maximum atomic E-state index is 10.8. The summed E-state index contributed by atoms with van der Waals surface area (Å²) < 4.78 is 10.6. The number of methoxy groups -OCH3 is 1. The highest BCUT2D eigenvalue weighted by Crippen LogP contribution is 2.36. The normalized spacial score (nSPS) is 13.3. The van der Waals surface area contributed by atoms with Gasteiger partial charge in [-0.25, -0.2) is 4.79 Å². The molecule has 4 heteroatoms. The van der Waals surface area contributed by atoms with Crippen LogP contribution in [0.25, 0.3) is 0 Å². The van der Waals surface area contributed by atoms with Crippen molar-refractivity contribution in [2.75, 3.05) is 13.7 Å². The molecule has 0 aliphatic rings. The Bertz CT molecular complexity index is 358. The van der Waals surface area contributed by atoms with Gasteiger partial charge in [0.1, 0.15) is 0 Å². The fourth-order valence-corrected chi connectivity index (χ4v) is 2.44. The summed E-state index contributed by atoms with van der Waals surface area (Å²) in [5.41, 5.74) is 0. The Balaban J connectivity index is 3.92. The molecule has 0 saturated heterocycles. The third-order valence-electron chi connectivity index (χ3n) is 4.02. The number of hydrogen-bond donors (Lipinski definition) is 0. The standard InChI is InChI=1S/C16H30O3Si/c1-14(10-8-9-11-15(17)18-5)12-13-19-20(6,7)16(2,3)4/h14H,8,10,12-13H2,1-7H3. The molecule has 20 heavy (non-hydrogen) atoms. The molecule has 0 aromatic rings. The minimum atomic E-state index is -1.62. The lowest BCUT2D eigenvalue weighted by atomic mass is 10.0. The molecular weight excluding hydrogens is 268 g/mol. The van der Waals surface area contributed by atoms with E-state index in [1.807, 2.05) is 0 Å². The van der Waals surface area contributed by atoms with Gasteiger partial charge in [0.2, 0.25) is 0 Å². The lowest BCUT2D eigenvalue weighted by molar-refractivity contribution is -0.133. The predicted octanol–water partition coefficient (Wildman–Crippen LogP) is 3.99. The van der Waals surface area contributed by atoms with Crippen LogP contribution in [0.5, 0.6) is 0 Å². The first-order valence-electron chi connectivity index (χ1n) is 7.31. The summed E-state index contributed by atoms with van der Waals surface area (Å²) in [6, 6.07) is 0. The topological polar surface area (TPSA) is 35.5 Å². The summed E-state index contributed by atoms with van der Waals surface area (Å²) in [5.74, 6) is 5.40. The molecule has 1 atom stereocenters. The van der Waals surface area contributed by atoms with E-state index in [-0.39, 0.29) is 5.04 Å². The van der Waals surface area contributed by atoms with Crippen LogP contribution in [0.1, 0.15) is 47.0 Å². The van der Waals surface area contributed by atoms with Crippen molar-refractivity contribution in [1.29, 1.82) is 0 Å². The molecule has 0 aliphatic carbocycles. The fourth-order valence-electron chi connectivity index (χ4n) is 1.38. The monoisotopic (exact) mass is 298 g/mol. The SMILES string of the molecule is COC(=O)C#CCCC(C)CCO[Si](C)(C)C(C)(C)C. The molecule has 0 rings (SSSR count). The van der Waals surface area contributed by atoms with Crippen LogP contribution in [0.2, 0.25) is 18.1 Å². The average molecular weight is 298 g/mol. The van der Waals surface area contributed by atoms with Crippen molar-refractivity contribution < 1.29 is 14.0 Å². The molecule has 0 aromatic heterocycles. The zero-order valence-corrected chi connectivity index (χ0v) is 15.1. The average Bonchev–Trinajstić information content (AvgIpc) is 2.32. The van der Waals surface area contributed by atoms with E-state index in [4.69, 9.17) is 4.43 Å². The minimum absolute atomic E-state index is 0.266. The van der Waals surface area contributed by atoms with E-state index >= 15 is 0 Å².